The minimum absolute atomic E-state index is 0. The standard InChI is InChI=1S/Cr.FH.Li.H3O4P/c;;;1-5(2,3)4/h;1H;;(H3,1,2,3,4)/q+3;;+1;/p-4. The van der Waals surface area contributed by atoms with E-state index >= 15 is 0 Å². The SMILES string of the molecule is O=P([O-])([O-])[O-].[Cr+3].[F-].[Li+]. The number of rotatable bonds is 0. The van der Waals surface area contributed by atoms with Crippen molar-refractivity contribution < 1.29 is 60.2 Å². The molecule has 0 atom stereocenters. The van der Waals surface area contributed by atoms with Gasteiger partial charge in [-0.15, -0.1) is 0 Å². The summed E-state index contributed by atoms with van der Waals surface area (Å²) < 4.78 is 8.55. The van der Waals surface area contributed by atoms with Crippen LogP contribution in [0.25, 0.3) is 0 Å². The van der Waals surface area contributed by atoms with E-state index in [-0.39, 0.29) is 40.9 Å². The van der Waals surface area contributed by atoms with Gasteiger partial charge in [0.1, 0.15) is 0 Å². The molecule has 0 aliphatic carbocycles. The molecule has 0 unspecified atom stereocenters. The van der Waals surface area contributed by atoms with Crippen LogP contribution in [0.2, 0.25) is 0 Å². The molecular formula is CrFLiO4P. The second kappa shape index (κ2) is 8.17. The molecule has 1 radical (unpaired) electrons. The van der Waals surface area contributed by atoms with Gasteiger partial charge in [0.05, 0.1) is 0 Å². The molecule has 0 bridgehead atoms. The van der Waals surface area contributed by atoms with Crippen molar-refractivity contribution in [3.8, 4) is 0 Å². The molecule has 0 aromatic carbocycles. The molecule has 0 rings (SSSR count). The Balaban J connectivity index is -0.0000000267. The van der Waals surface area contributed by atoms with E-state index in [1.165, 1.54) is 0 Å². The quantitative estimate of drug-likeness (QED) is 0.269. The normalized spacial score (nSPS) is 7.38. The molecule has 0 heterocycles. The summed E-state index contributed by atoms with van der Waals surface area (Å²) in [5, 5.41) is 0. The van der Waals surface area contributed by atoms with E-state index in [0.717, 1.165) is 0 Å². The zero-order valence-corrected chi connectivity index (χ0v) is 6.04. The second-order valence-electron chi connectivity index (χ2n) is 0.447. The van der Waals surface area contributed by atoms with Gasteiger partial charge in [-0.05, 0) is 0 Å². The number of hydrogen-bond acceptors (Lipinski definition) is 4. The molecule has 0 amide bonds. The first-order valence-electron chi connectivity index (χ1n) is 0.730. The largest absolute Gasteiger partial charge is 3.00 e. The predicted molar refractivity (Wildman–Crippen MR) is 7.61 cm³/mol. The van der Waals surface area contributed by atoms with Gasteiger partial charge in [0.2, 0.25) is 0 Å². The van der Waals surface area contributed by atoms with Gasteiger partial charge in [-0.1, -0.05) is 0 Å². The monoisotopic (exact) mass is 173 g/mol. The van der Waals surface area contributed by atoms with Gasteiger partial charge in [-0.25, -0.2) is 0 Å². The Kier molecular flexibility index (Phi) is 23.4. The van der Waals surface area contributed by atoms with Crippen LogP contribution in [0.5, 0.6) is 0 Å². The minimum atomic E-state index is -5.39. The summed E-state index contributed by atoms with van der Waals surface area (Å²) in [7, 11) is -5.39. The van der Waals surface area contributed by atoms with Crippen molar-refractivity contribution in [2.24, 2.45) is 0 Å². The molecule has 0 spiro atoms. The van der Waals surface area contributed by atoms with Crippen LogP contribution in [0.4, 0.5) is 0 Å². The van der Waals surface area contributed by atoms with Gasteiger partial charge in [-0.3, -0.25) is 0 Å². The summed E-state index contributed by atoms with van der Waals surface area (Å²) in [4.78, 5) is 25.6. The fraction of sp³-hybridized carbons (Fsp3) is 0. The van der Waals surface area contributed by atoms with Gasteiger partial charge in [-0.2, -0.15) is 7.82 Å². The molecular weight excluding hydrogens is 173 g/mol. The van der Waals surface area contributed by atoms with Crippen molar-refractivity contribution in [2.75, 3.05) is 0 Å². The van der Waals surface area contributed by atoms with E-state index < -0.39 is 7.82 Å². The Labute approximate surface area is 68.2 Å². The van der Waals surface area contributed by atoms with Crippen LogP contribution in [0.15, 0.2) is 0 Å². The van der Waals surface area contributed by atoms with E-state index in [1.807, 2.05) is 0 Å². The third-order valence-electron chi connectivity index (χ3n) is 0. The number of halogens is 1. The Hall–Kier alpha value is 1.17. The fourth-order valence-electron chi connectivity index (χ4n) is 0. The van der Waals surface area contributed by atoms with E-state index in [0.29, 0.717) is 0 Å². The van der Waals surface area contributed by atoms with E-state index in [4.69, 9.17) is 19.2 Å². The smallest absolute Gasteiger partial charge is 1.00 e. The maximum absolute atomic E-state index is 8.55. The zero-order valence-electron chi connectivity index (χ0n) is 3.87. The van der Waals surface area contributed by atoms with Crippen molar-refractivity contribution in [3.63, 3.8) is 0 Å². The summed E-state index contributed by atoms with van der Waals surface area (Å²) in [6.07, 6.45) is 0. The van der Waals surface area contributed by atoms with Crippen molar-refractivity contribution in [1.82, 2.24) is 0 Å². The zero-order chi connectivity index (χ0) is 4.50. The van der Waals surface area contributed by atoms with E-state index in [2.05, 4.69) is 0 Å². The average Bonchev–Trinajstić information content (AvgIpc) is 0.722. The molecule has 0 aliphatic rings. The maximum atomic E-state index is 8.55. The van der Waals surface area contributed by atoms with Gasteiger partial charge in [0.25, 0.3) is 0 Å². The summed E-state index contributed by atoms with van der Waals surface area (Å²) in [6, 6.07) is 0. The Morgan fingerprint density at radius 3 is 1.12 bits per heavy atom. The molecule has 0 fully saturated rings. The molecule has 8 heteroatoms. The number of hydrogen-bond donors (Lipinski definition) is 0. The van der Waals surface area contributed by atoms with Crippen LogP contribution < -0.4 is 38.2 Å². The molecule has 0 saturated heterocycles. The first-order chi connectivity index (χ1) is 2.00. The molecule has 0 saturated carbocycles. The van der Waals surface area contributed by atoms with E-state index in [9.17, 15) is 0 Å². The summed E-state index contributed by atoms with van der Waals surface area (Å²) in [6.45, 7) is 0. The third-order valence-corrected chi connectivity index (χ3v) is 0. The van der Waals surface area contributed by atoms with Crippen LogP contribution in [-0.4, -0.2) is 0 Å². The van der Waals surface area contributed by atoms with Gasteiger partial charge in [0.15, 0.2) is 0 Å². The maximum Gasteiger partial charge on any atom is 3.00 e. The Morgan fingerprint density at radius 1 is 1.12 bits per heavy atom. The summed E-state index contributed by atoms with van der Waals surface area (Å²) in [5.74, 6) is 0. The average molecular weight is 173 g/mol. The topological polar surface area (TPSA) is 86.2 Å². The predicted octanol–water partition coefficient (Wildman–Crippen LogP) is -8.82. The Bertz CT molecular complexity index is 62.2. The van der Waals surface area contributed by atoms with Crippen LogP contribution >= 0.6 is 7.82 Å². The minimum Gasteiger partial charge on any atom is -1.00 e. The van der Waals surface area contributed by atoms with Crippen LogP contribution in [-0.2, 0) is 21.9 Å². The first-order valence-corrected chi connectivity index (χ1v) is 2.19. The molecule has 43 valence electrons. The second-order valence-corrected chi connectivity index (χ2v) is 1.34. The molecule has 8 heavy (non-hydrogen) atoms. The van der Waals surface area contributed by atoms with Gasteiger partial charge >= 0.3 is 36.2 Å². The van der Waals surface area contributed by atoms with Gasteiger partial charge < -0.3 is 23.9 Å². The van der Waals surface area contributed by atoms with Crippen molar-refractivity contribution in [3.05, 3.63) is 0 Å². The van der Waals surface area contributed by atoms with Crippen molar-refractivity contribution in [1.29, 1.82) is 0 Å². The summed E-state index contributed by atoms with van der Waals surface area (Å²) >= 11 is 0. The number of phosphoric acid groups is 1. The molecule has 0 aromatic rings. The first kappa shape index (κ1) is 22.9. The Morgan fingerprint density at radius 2 is 1.12 bits per heavy atom. The molecule has 0 N–H and O–H groups in total. The molecule has 0 aliphatic heterocycles. The van der Waals surface area contributed by atoms with Gasteiger partial charge in [0, 0.05) is 0 Å². The van der Waals surface area contributed by atoms with Crippen molar-refractivity contribution in [2.45, 2.75) is 0 Å². The summed E-state index contributed by atoms with van der Waals surface area (Å²) in [5.41, 5.74) is 0. The van der Waals surface area contributed by atoms with Crippen LogP contribution in [0, 0.1) is 0 Å². The van der Waals surface area contributed by atoms with Crippen LogP contribution in [0.3, 0.4) is 0 Å². The van der Waals surface area contributed by atoms with E-state index in [1.54, 1.807) is 0 Å². The molecule has 4 nitrogen and oxygen atoms in total. The van der Waals surface area contributed by atoms with Crippen molar-refractivity contribution >= 4 is 7.82 Å². The van der Waals surface area contributed by atoms with Crippen LogP contribution in [0.1, 0.15) is 0 Å². The molecule has 0 aromatic heterocycles. The fourth-order valence-corrected chi connectivity index (χ4v) is 0. The third kappa shape index (κ3) is 199.